The quantitative estimate of drug-likeness (QED) is 0.438. The Hall–Kier alpha value is -2.22. The zero-order valence-corrected chi connectivity index (χ0v) is 10.6. The minimum atomic E-state index is -1.27. The molecule has 8 heteroatoms. The molecule has 0 saturated carbocycles. The molecule has 0 fully saturated rings. The maximum Gasteiger partial charge on any atom is 0.339 e. The lowest BCUT2D eigenvalue weighted by Crippen LogP contribution is -2.16. The van der Waals surface area contributed by atoms with E-state index in [0.717, 1.165) is 12.3 Å². The second-order valence-electron chi connectivity index (χ2n) is 4.00. The topological polar surface area (TPSA) is 115 Å². The Bertz CT molecular complexity index is 475. The van der Waals surface area contributed by atoms with Gasteiger partial charge in [-0.3, -0.25) is 10.1 Å². The molecule has 0 unspecified atom stereocenters. The van der Waals surface area contributed by atoms with E-state index in [0.29, 0.717) is 13.2 Å². The van der Waals surface area contributed by atoms with E-state index in [1.807, 2.05) is 13.8 Å². The number of nitrogens with one attached hydrogen (secondary N) is 1. The van der Waals surface area contributed by atoms with Gasteiger partial charge in [0, 0.05) is 12.6 Å². The third-order valence-electron chi connectivity index (χ3n) is 2.16. The summed E-state index contributed by atoms with van der Waals surface area (Å²) < 4.78 is 5.28. The van der Waals surface area contributed by atoms with Gasteiger partial charge in [0.1, 0.15) is 17.6 Å². The predicted molar refractivity (Wildman–Crippen MR) is 67.4 cm³/mol. The maximum absolute atomic E-state index is 11.0. The zero-order valence-electron chi connectivity index (χ0n) is 10.6. The highest BCUT2D eigenvalue weighted by atomic mass is 16.6. The highest BCUT2D eigenvalue weighted by Gasteiger charge is 2.17. The molecule has 0 amide bonds. The normalized spacial score (nSPS) is 10.5. The van der Waals surface area contributed by atoms with Crippen molar-refractivity contribution in [3.8, 4) is 0 Å². The van der Waals surface area contributed by atoms with Crippen molar-refractivity contribution in [2.45, 2.75) is 20.0 Å². The van der Waals surface area contributed by atoms with Gasteiger partial charge in [-0.2, -0.15) is 0 Å². The van der Waals surface area contributed by atoms with Gasteiger partial charge in [-0.1, -0.05) is 0 Å². The summed E-state index contributed by atoms with van der Waals surface area (Å²) in [6.45, 7) is 4.51. The summed E-state index contributed by atoms with van der Waals surface area (Å²) >= 11 is 0. The van der Waals surface area contributed by atoms with E-state index in [4.69, 9.17) is 9.84 Å². The van der Waals surface area contributed by atoms with Crippen molar-refractivity contribution in [2.75, 3.05) is 18.5 Å². The maximum atomic E-state index is 11.0. The Morgan fingerprint density at radius 2 is 2.32 bits per heavy atom. The number of pyridine rings is 1. The molecular formula is C11H15N3O5. The third-order valence-corrected chi connectivity index (χ3v) is 2.16. The smallest absolute Gasteiger partial charge is 0.339 e. The molecule has 0 aromatic carbocycles. The summed E-state index contributed by atoms with van der Waals surface area (Å²) in [7, 11) is 0. The molecular weight excluding hydrogens is 254 g/mol. The number of nitrogens with zero attached hydrogens (tertiary/aromatic N) is 2. The van der Waals surface area contributed by atoms with E-state index in [2.05, 4.69) is 10.3 Å². The van der Waals surface area contributed by atoms with Crippen molar-refractivity contribution in [2.24, 2.45) is 0 Å². The van der Waals surface area contributed by atoms with E-state index >= 15 is 0 Å². The minimum absolute atomic E-state index is 0.0746. The fourth-order valence-corrected chi connectivity index (χ4v) is 1.32. The zero-order chi connectivity index (χ0) is 14.4. The van der Waals surface area contributed by atoms with Gasteiger partial charge in [-0.05, 0) is 13.8 Å². The summed E-state index contributed by atoms with van der Waals surface area (Å²) in [5, 5.41) is 22.3. The van der Waals surface area contributed by atoms with Gasteiger partial charge in [0.2, 0.25) is 0 Å². The van der Waals surface area contributed by atoms with Gasteiger partial charge < -0.3 is 15.2 Å². The van der Waals surface area contributed by atoms with Crippen molar-refractivity contribution in [1.82, 2.24) is 4.98 Å². The van der Waals surface area contributed by atoms with Crippen molar-refractivity contribution in [3.63, 3.8) is 0 Å². The number of carbonyl (C=O) groups is 1. The summed E-state index contributed by atoms with van der Waals surface area (Å²) in [6.07, 6.45) is 1.09. The lowest BCUT2D eigenvalue weighted by atomic mass is 10.2. The van der Waals surface area contributed by atoms with Gasteiger partial charge in [-0.25, -0.2) is 9.78 Å². The molecule has 0 aliphatic carbocycles. The first-order chi connectivity index (χ1) is 8.91. The molecule has 0 spiro atoms. The SMILES string of the molecule is CC(C)OCCNc1ncc([N+](=O)[O-])cc1C(=O)O. The molecule has 0 aliphatic rings. The Kier molecular flexibility index (Phi) is 5.19. The molecule has 2 N–H and O–H groups in total. The Morgan fingerprint density at radius 1 is 1.63 bits per heavy atom. The second kappa shape index (κ2) is 6.64. The number of rotatable bonds is 7. The molecule has 19 heavy (non-hydrogen) atoms. The van der Waals surface area contributed by atoms with Crippen LogP contribution in [0.15, 0.2) is 12.3 Å². The summed E-state index contributed by atoms with van der Waals surface area (Å²) in [5.74, 6) is -1.19. The van der Waals surface area contributed by atoms with Crippen LogP contribution in [0, 0.1) is 10.1 Å². The number of hydrogen-bond donors (Lipinski definition) is 2. The molecule has 1 aromatic rings. The van der Waals surface area contributed by atoms with Crippen molar-refractivity contribution in [3.05, 3.63) is 27.9 Å². The van der Waals surface area contributed by atoms with Crippen LogP contribution in [0.25, 0.3) is 0 Å². The molecule has 8 nitrogen and oxygen atoms in total. The van der Waals surface area contributed by atoms with Crippen molar-refractivity contribution >= 4 is 17.5 Å². The van der Waals surface area contributed by atoms with Crippen LogP contribution in [0.5, 0.6) is 0 Å². The van der Waals surface area contributed by atoms with Gasteiger partial charge in [0.15, 0.2) is 0 Å². The molecule has 104 valence electrons. The molecule has 0 radical (unpaired) electrons. The van der Waals surface area contributed by atoms with Crippen LogP contribution in [0.1, 0.15) is 24.2 Å². The summed E-state index contributed by atoms with van der Waals surface area (Å²) in [4.78, 5) is 24.6. The number of nitro groups is 1. The lowest BCUT2D eigenvalue weighted by Gasteiger charge is -2.10. The fraction of sp³-hybridized carbons (Fsp3) is 0.455. The van der Waals surface area contributed by atoms with Crippen LogP contribution >= 0.6 is 0 Å². The van der Waals surface area contributed by atoms with Crippen LogP contribution in [0.4, 0.5) is 11.5 Å². The monoisotopic (exact) mass is 269 g/mol. The minimum Gasteiger partial charge on any atom is -0.478 e. The summed E-state index contributed by atoms with van der Waals surface area (Å²) in [5.41, 5.74) is -0.597. The largest absolute Gasteiger partial charge is 0.478 e. The highest BCUT2D eigenvalue weighted by Crippen LogP contribution is 2.18. The molecule has 1 heterocycles. The molecule has 1 aromatic heterocycles. The van der Waals surface area contributed by atoms with Gasteiger partial charge in [0.05, 0.1) is 17.6 Å². The number of ether oxygens (including phenoxy) is 1. The average molecular weight is 269 g/mol. The van der Waals surface area contributed by atoms with Crippen LogP contribution in [-0.2, 0) is 4.74 Å². The average Bonchev–Trinajstić information content (AvgIpc) is 2.34. The highest BCUT2D eigenvalue weighted by molar-refractivity contribution is 5.93. The van der Waals surface area contributed by atoms with Gasteiger partial charge in [0.25, 0.3) is 5.69 Å². The van der Waals surface area contributed by atoms with E-state index in [1.165, 1.54) is 0 Å². The molecule has 0 aliphatic heterocycles. The first kappa shape index (κ1) is 14.8. The van der Waals surface area contributed by atoms with E-state index in [-0.39, 0.29) is 23.2 Å². The number of hydrogen-bond acceptors (Lipinski definition) is 6. The molecule has 1 rings (SSSR count). The van der Waals surface area contributed by atoms with E-state index < -0.39 is 10.9 Å². The van der Waals surface area contributed by atoms with Crippen molar-refractivity contribution < 1.29 is 19.6 Å². The van der Waals surface area contributed by atoms with Crippen LogP contribution < -0.4 is 5.32 Å². The molecule has 0 atom stereocenters. The molecule has 0 saturated heterocycles. The van der Waals surface area contributed by atoms with Gasteiger partial charge in [-0.15, -0.1) is 0 Å². The van der Waals surface area contributed by atoms with Crippen molar-refractivity contribution in [1.29, 1.82) is 0 Å². The third kappa shape index (κ3) is 4.51. The number of carboxylic acid groups (broad SMARTS) is 1. The standard InChI is InChI=1S/C11H15N3O5/c1-7(2)19-4-3-12-10-9(11(15)16)5-8(6-13-10)14(17)18/h5-7H,3-4H2,1-2H3,(H,12,13)(H,15,16). The van der Waals surface area contributed by atoms with E-state index in [9.17, 15) is 14.9 Å². The second-order valence-corrected chi connectivity index (χ2v) is 4.00. The van der Waals surface area contributed by atoms with Crippen LogP contribution in [0.3, 0.4) is 0 Å². The Morgan fingerprint density at radius 3 is 2.84 bits per heavy atom. The lowest BCUT2D eigenvalue weighted by molar-refractivity contribution is -0.385. The Balaban J connectivity index is 2.77. The number of aromatic carboxylic acids is 1. The van der Waals surface area contributed by atoms with Crippen LogP contribution in [0.2, 0.25) is 0 Å². The first-order valence-electron chi connectivity index (χ1n) is 5.65. The number of aromatic nitrogens is 1. The number of carboxylic acids is 1. The summed E-state index contributed by atoms with van der Waals surface area (Å²) in [6, 6.07) is 0.973. The van der Waals surface area contributed by atoms with E-state index in [1.54, 1.807) is 0 Å². The number of anilines is 1. The predicted octanol–water partition coefficient (Wildman–Crippen LogP) is 1.52. The molecule has 0 bridgehead atoms. The Labute approximate surface area is 109 Å². The van der Waals surface area contributed by atoms with Crippen LogP contribution in [-0.4, -0.2) is 40.2 Å². The van der Waals surface area contributed by atoms with Gasteiger partial charge >= 0.3 is 5.97 Å². The fourth-order valence-electron chi connectivity index (χ4n) is 1.32. The first-order valence-corrected chi connectivity index (χ1v) is 5.65.